The highest BCUT2D eigenvalue weighted by Gasteiger charge is 2.19. The summed E-state index contributed by atoms with van der Waals surface area (Å²) in [5, 5.41) is 2.98. The molecule has 1 aromatic carbocycles. The van der Waals surface area contributed by atoms with Gasteiger partial charge in [0.1, 0.15) is 0 Å². The molecule has 0 spiro atoms. The monoisotopic (exact) mass is 349 g/mol. The Bertz CT molecular complexity index is 540. The molecule has 5 nitrogen and oxygen atoms in total. The second-order valence-corrected chi connectivity index (χ2v) is 7.28. The van der Waals surface area contributed by atoms with Crippen LogP contribution in [-0.2, 0) is 15.3 Å². The van der Waals surface area contributed by atoms with Gasteiger partial charge in [0.15, 0.2) is 0 Å². The van der Waals surface area contributed by atoms with E-state index in [1.54, 1.807) is 6.92 Å². The Balaban J connectivity index is 1.54. The van der Waals surface area contributed by atoms with Gasteiger partial charge < -0.3 is 10.2 Å². The van der Waals surface area contributed by atoms with Gasteiger partial charge in [-0.25, -0.2) is 0 Å². The predicted molar refractivity (Wildman–Crippen MR) is 99.0 cm³/mol. The molecule has 1 fully saturated rings. The molecule has 1 saturated heterocycles. The minimum absolute atomic E-state index is 0.0715. The molecular weight excluding hydrogens is 322 g/mol. The highest BCUT2D eigenvalue weighted by molar-refractivity contribution is 7.98. The number of aryl methyl sites for hydroxylation is 1. The van der Waals surface area contributed by atoms with E-state index >= 15 is 0 Å². The van der Waals surface area contributed by atoms with E-state index in [1.165, 1.54) is 11.1 Å². The van der Waals surface area contributed by atoms with E-state index in [4.69, 9.17) is 0 Å². The Morgan fingerprint density at radius 1 is 1.12 bits per heavy atom. The average Bonchev–Trinajstić information content (AvgIpc) is 2.56. The smallest absolute Gasteiger partial charge is 0.234 e. The van der Waals surface area contributed by atoms with Crippen molar-refractivity contribution in [3.05, 3.63) is 35.4 Å². The van der Waals surface area contributed by atoms with Gasteiger partial charge in [0.05, 0.1) is 6.54 Å². The fourth-order valence-electron chi connectivity index (χ4n) is 2.62. The summed E-state index contributed by atoms with van der Waals surface area (Å²) in [6.07, 6.45) is 0. The van der Waals surface area contributed by atoms with E-state index in [1.807, 2.05) is 16.7 Å². The molecule has 24 heavy (non-hydrogen) atoms. The molecule has 0 saturated carbocycles. The van der Waals surface area contributed by atoms with Gasteiger partial charge in [-0.05, 0) is 12.5 Å². The predicted octanol–water partition coefficient (Wildman–Crippen LogP) is 1.51. The van der Waals surface area contributed by atoms with E-state index in [0.29, 0.717) is 13.1 Å². The van der Waals surface area contributed by atoms with Gasteiger partial charge in [0.2, 0.25) is 11.8 Å². The Kier molecular flexibility index (Phi) is 7.59. The van der Waals surface area contributed by atoms with E-state index in [-0.39, 0.29) is 11.8 Å². The van der Waals surface area contributed by atoms with E-state index in [0.717, 1.165) is 37.7 Å². The maximum atomic E-state index is 12.0. The molecule has 1 aliphatic heterocycles. The number of nitrogens with one attached hydrogen (secondary N) is 1. The van der Waals surface area contributed by atoms with Gasteiger partial charge in [-0.3, -0.25) is 14.5 Å². The first-order valence-corrected chi connectivity index (χ1v) is 9.58. The summed E-state index contributed by atoms with van der Waals surface area (Å²) < 4.78 is 0. The van der Waals surface area contributed by atoms with Crippen LogP contribution in [-0.4, -0.2) is 66.6 Å². The van der Waals surface area contributed by atoms with Crippen LogP contribution in [0.3, 0.4) is 0 Å². The van der Waals surface area contributed by atoms with Crippen LogP contribution in [0, 0.1) is 6.92 Å². The van der Waals surface area contributed by atoms with Crippen molar-refractivity contribution in [2.75, 3.05) is 45.0 Å². The Hall–Kier alpha value is -1.53. The second kappa shape index (κ2) is 9.69. The number of rotatable bonds is 7. The zero-order valence-corrected chi connectivity index (χ0v) is 15.4. The average molecular weight is 350 g/mol. The molecule has 0 radical (unpaired) electrons. The van der Waals surface area contributed by atoms with Gasteiger partial charge >= 0.3 is 0 Å². The van der Waals surface area contributed by atoms with E-state index < -0.39 is 0 Å². The minimum atomic E-state index is 0.0715. The number of benzene rings is 1. The van der Waals surface area contributed by atoms with Crippen LogP contribution < -0.4 is 5.32 Å². The third-order valence-electron chi connectivity index (χ3n) is 4.14. The molecule has 6 heteroatoms. The third kappa shape index (κ3) is 6.53. The first-order chi connectivity index (χ1) is 11.5. The second-order valence-electron chi connectivity index (χ2n) is 6.17. The Morgan fingerprint density at radius 3 is 2.42 bits per heavy atom. The van der Waals surface area contributed by atoms with Crippen LogP contribution in [0.4, 0.5) is 0 Å². The molecule has 2 rings (SSSR count). The van der Waals surface area contributed by atoms with Crippen molar-refractivity contribution < 1.29 is 9.59 Å². The lowest BCUT2D eigenvalue weighted by atomic mass is 10.2. The maximum Gasteiger partial charge on any atom is 0.234 e. The van der Waals surface area contributed by atoms with Crippen molar-refractivity contribution >= 4 is 23.6 Å². The van der Waals surface area contributed by atoms with Crippen LogP contribution in [0.5, 0.6) is 0 Å². The number of nitrogens with zero attached hydrogens (tertiary/aromatic N) is 2. The molecule has 132 valence electrons. The number of amides is 2. The molecule has 2 amide bonds. The minimum Gasteiger partial charge on any atom is -0.354 e. The molecule has 0 aromatic heterocycles. The fourth-order valence-corrected chi connectivity index (χ4v) is 3.44. The third-order valence-corrected chi connectivity index (χ3v) is 5.17. The van der Waals surface area contributed by atoms with E-state index in [9.17, 15) is 9.59 Å². The molecular formula is C18H27N3O2S. The lowest BCUT2D eigenvalue weighted by molar-refractivity contribution is -0.130. The van der Waals surface area contributed by atoms with Crippen molar-refractivity contribution in [3.8, 4) is 0 Å². The molecule has 1 aliphatic rings. The normalized spacial score (nSPS) is 15.3. The van der Waals surface area contributed by atoms with Gasteiger partial charge in [-0.1, -0.05) is 29.8 Å². The lowest BCUT2D eigenvalue weighted by Gasteiger charge is -2.33. The fraction of sp³-hybridized carbons (Fsp3) is 0.556. The largest absolute Gasteiger partial charge is 0.354 e. The number of hydrogen-bond acceptors (Lipinski definition) is 4. The summed E-state index contributed by atoms with van der Waals surface area (Å²) in [5.74, 6) is 2.08. The summed E-state index contributed by atoms with van der Waals surface area (Å²) in [4.78, 5) is 27.2. The maximum absolute atomic E-state index is 12.0. The number of carbonyl (C=O) groups excluding carboxylic acids is 2. The number of thioether (sulfide) groups is 1. The summed E-state index contributed by atoms with van der Waals surface area (Å²) >= 11 is 1.83. The van der Waals surface area contributed by atoms with Gasteiger partial charge in [-0.2, -0.15) is 11.8 Å². The SMILES string of the molecule is CC(=O)N1CCN(CC(=O)NCCSCc2ccc(C)cc2)CC1. The highest BCUT2D eigenvalue weighted by atomic mass is 32.2. The molecule has 0 unspecified atom stereocenters. The van der Waals surface area contributed by atoms with Gasteiger partial charge in [-0.15, -0.1) is 0 Å². The summed E-state index contributed by atoms with van der Waals surface area (Å²) in [6.45, 7) is 7.79. The van der Waals surface area contributed by atoms with Crippen LogP contribution in [0.15, 0.2) is 24.3 Å². The quantitative estimate of drug-likeness (QED) is 0.758. The number of piperazine rings is 1. The molecule has 1 aromatic rings. The molecule has 0 aliphatic carbocycles. The van der Waals surface area contributed by atoms with Gasteiger partial charge in [0, 0.05) is 51.2 Å². The highest BCUT2D eigenvalue weighted by Crippen LogP contribution is 2.12. The zero-order valence-electron chi connectivity index (χ0n) is 14.6. The molecule has 1 N–H and O–H groups in total. The number of carbonyl (C=O) groups is 2. The summed E-state index contributed by atoms with van der Waals surface area (Å²) in [5.41, 5.74) is 2.60. The van der Waals surface area contributed by atoms with Crippen molar-refractivity contribution in [3.63, 3.8) is 0 Å². The van der Waals surface area contributed by atoms with Crippen LogP contribution in [0.25, 0.3) is 0 Å². The van der Waals surface area contributed by atoms with Crippen LogP contribution in [0.1, 0.15) is 18.1 Å². The summed E-state index contributed by atoms with van der Waals surface area (Å²) in [7, 11) is 0. The molecule has 1 heterocycles. The van der Waals surface area contributed by atoms with Crippen molar-refractivity contribution in [1.29, 1.82) is 0 Å². The van der Waals surface area contributed by atoms with Gasteiger partial charge in [0.25, 0.3) is 0 Å². The van der Waals surface area contributed by atoms with Crippen molar-refractivity contribution in [1.82, 2.24) is 15.1 Å². The first-order valence-electron chi connectivity index (χ1n) is 8.42. The molecule has 0 bridgehead atoms. The summed E-state index contributed by atoms with van der Waals surface area (Å²) in [6, 6.07) is 8.57. The van der Waals surface area contributed by atoms with E-state index in [2.05, 4.69) is 41.4 Å². The zero-order chi connectivity index (χ0) is 17.4. The Labute approximate surface area is 148 Å². The molecule has 0 atom stereocenters. The van der Waals surface area contributed by atoms with Crippen LogP contribution in [0.2, 0.25) is 0 Å². The van der Waals surface area contributed by atoms with Crippen LogP contribution >= 0.6 is 11.8 Å². The van der Waals surface area contributed by atoms with Crippen molar-refractivity contribution in [2.24, 2.45) is 0 Å². The lowest BCUT2D eigenvalue weighted by Crippen LogP contribution is -2.50. The standard InChI is InChI=1S/C18H27N3O2S/c1-15-3-5-17(6-4-15)14-24-12-7-19-18(23)13-20-8-10-21(11-9-20)16(2)22/h3-6H,7-14H2,1-2H3,(H,19,23). The number of hydrogen-bond donors (Lipinski definition) is 1. The Morgan fingerprint density at radius 2 is 1.79 bits per heavy atom. The first kappa shape index (κ1) is 18.8. The van der Waals surface area contributed by atoms with Crippen molar-refractivity contribution in [2.45, 2.75) is 19.6 Å². The topological polar surface area (TPSA) is 52.7 Å².